The molecule has 1 atom stereocenters. The predicted molar refractivity (Wildman–Crippen MR) is 80.2 cm³/mol. The molecule has 20 heavy (non-hydrogen) atoms. The molecule has 0 aromatic rings. The van der Waals surface area contributed by atoms with Crippen LogP contribution < -0.4 is 10.6 Å². The summed E-state index contributed by atoms with van der Waals surface area (Å²) in [5.41, 5.74) is 0. The van der Waals surface area contributed by atoms with E-state index in [0.717, 1.165) is 64.9 Å². The van der Waals surface area contributed by atoms with Crippen molar-refractivity contribution < 1.29 is 14.2 Å². The second-order valence-electron chi connectivity index (χ2n) is 4.78. The molecule has 1 saturated heterocycles. The molecule has 2 N–H and O–H groups in total. The number of nitrogens with one attached hydrogen (secondary N) is 2. The summed E-state index contributed by atoms with van der Waals surface area (Å²) in [6, 6.07) is 0. The second-order valence-corrected chi connectivity index (χ2v) is 4.78. The fourth-order valence-electron chi connectivity index (χ4n) is 1.95. The topological polar surface area (TPSA) is 64.1 Å². The number of rotatable bonds is 10. The number of ether oxygens (including phenoxy) is 3. The minimum absolute atomic E-state index is 0.593. The third kappa shape index (κ3) is 8.35. The highest BCUT2D eigenvalue weighted by molar-refractivity contribution is 5.79. The van der Waals surface area contributed by atoms with Crippen LogP contribution >= 0.6 is 0 Å². The molecule has 1 aliphatic rings. The predicted octanol–water partition coefficient (Wildman–Crippen LogP) is 0.631. The largest absolute Gasteiger partial charge is 0.381 e. The monoisotopic (exact) mass is 287 g/mol. The molecule has 0 amide bonds. The standard InChI is InChI=1S/C14H29N3O3/c1-3-18-10-7-17-14(15-2)16-6-4-8-19-11-13-5-9-20-12-13/h13H,3-12H2,1-2H3,(H2,15,16,17). The van der Waals surface area contributed by atoms with Crippen LogP contribution in [0.1, 0.15) is 19.8 Å². The van der Waals surface area contributed by atoms with Crippen LogP contribution in [0.15, 0.2) is 4.99 Å². The number of hydrogen-bond donors (Lipinski definition) is 2. The Morgan fingerprint density at radius 2 is 2.10 bits per heavy atom. The van der Waals surface area contributed by atoms with E-state index in [1.807, 2.05) is 6.92 Å². The van der Waals surface area contributed by atoms with Crippen LogP contribution in [0.3, 0.4) is 0 Å². The molecule has 6 nitrogen and oxygen atoms in total. The van der Waals surface area contributed by atoms with Crippen molar-refractivity contribution in [2.45, 2.75) is 19.8 Å². The Labute approximate surface area is 122 Å². The van der Waals surface area contributed by atoms with Crippen LogP contribution in [0, 0.1) is 5.92 Å². The van der Waals surface area contributed by atoms with Gasteiger partial charge < -0.3 is 24.8 Å². The molecule has 1 rings (SSSR count). The molecule has 1 unspecified atom stereocenters. The number of guanidine groups is 1. The molecule has 0 aliphatic carbocycles. The normalized spacial score (nSPS) is 19.3. The van der Waals surface area contributed by atoms with Crippen molar-refractivity contribution in [2.24, 2.45) is 10.9 Å². The number of nitrogens with zero attached hydrogens (tertiary/aromatic N) is 1. The van der Waals surface area contributed by atoms with Crippen molar-refractivity contribution in [3.8, 4) is 0 Å². The van der Waals surface area contributed by atoms with Crippen LogP contribution in [-0.2, 0) is 14.2 Å². The Hall–Kier alpha value is -0.850. The molecule has 0 aromatic heterocycles. The molecule has 6 heteroatoms. The van der Waals surface area contributed by atoms with E-state index in [4.69, 9.17) is 14.2 Å². The lowest BCUT2D eigenvalue weighted by molar-refractivity contribution is 0.0888. The van der Waals surface area contributed by atoms with Gasteiger partial charge in [-0.2, -0.15) is 0 Å². The Morgan fingerprint density at radius 1 is 1.25 bits per heavy atom. The highest BCUT2D eigenvalue weighted by Crippen LogP contribution is 2.12. The summed E-state index contributed by atoms with van der Waals surface area (Å²) >= 11 is 0. The second kappa shape index (κ2) is 11.9. The average Bonchev–Trinajstić information content (AvgIpc) is 2.98. The van der Waals surface area contributed by atoms with E-state index in [1.165, 1.54) is 0 Å². The van der Waals surface area contributed by atoms with E-state index >= 15 is 0 Å². The van der Waals surface area contributed by atoms with Gasteiger partial charge in [0, 0.05) is 45.9 Å². The van der Waals surface area contributed by atoms with Gasteiger partial charge in [-0.3, -0.25) is 4.99 Å². The molecular weight excluding hydrogens is 258 g/mol. The summed E-state index contributed by atoms with van der Waals surface area (Å²) in [5, 5.41) is 6.45. The molecule has 0 saturated carbocycles. The van der Waals surface area contributed by atoms with Gasteiger partial charge in [0.2, 0.25) is 0 Å². The average molecular weight is 287 g/mol. The van der Waals surface area contributed by atoms with Crippen LogP contribution in [-0.4, -0.2) is 65.7 Å². The van der Waals surface area contributed by atoms with Gasteiger partial charge in [0.25, 0.3) is 0 Å². The van der Waals surface area contributed by atoms with Gasteiger partial charge in [0.15, 0.2) is 5.96 Å². The Kier molecular flexibility index (Phi) is 10.3. The van der Waals surface area contributed by atoms with Gasteiger partial charge in [-0.1, -0.05) is 0 Å². The van der Waals surface area contributed by atoms with E-state index in [1.54, 1.807) is 7.05 Å². The lowest BCUT2D eigenvalue weighted by Crippen LogP contribution is -2.39. The minimum atomic E-state index is 0.593. The summed E-state index contributed by atoms with van der Waals surface area (Å²) in [6.45, 7) is 8.40. The van der Waals surface area contributed by atoms with Crippen LogP contribution in [0.5, 0.6) is 0 Å². The Balaban J connectivity index is 1.90. The van der Waals surface area contributed by atoms with Gasteiger partial charge in [0.05, 0.1) is 19.8 Å². The van der Waals surface area contributed by atoms with Crippen molar-refractivity contribution in [2.75, 3.05) is 59.8 Å². The summed E-state index contributed by atoms with van der Waals surface area (Å²) in [5.74, 6) is 1.41. The van der Waals surface area contributed by atoms with E-state index in [0.29, 0.717) is 12.5 Å². The third-order valence-electron chi connectivity index (χ3n) is 3.10. The van der Waals surface area contributed by atoms with Crippen molar-refractivity contribution >= 4 is 5.96 Å². The molecular formula is C14H29N3O3. The molecule has 1 aliphatic heterocycles. The molecule has 118 valence electrons. The third-order valence-corrected chi connectivity index (χ3v) is 3.10. The first-order valence-corrected chi connectivity index (χ1v) is 7.54. The van der Waals surface area contributed by atoms with Crippen molar-refractivity contribution in [3.05, 3.63) is 0 Å². The fraction of sp³-hybridized carbons (Fsp3) is 0.929. The first-order valence-electron chi connectivity index (χ1n) is 7.54. The van der Waals surface area contributed by atoms with Crippen molar-refractivity contribution in [1.29, 1.82) is 0 Å². The fourth-order valence-corrected chi connectivity index (χ4v) is 1.95. The molecule has 0 radical (unpaired) electrons. The maximum absolute atomic E-state index is 5.65. The zero-order valence-corrected chi connectivity index (χ0v) is 12.8. The highest BCUT2D eigenvalue weighted by Gasteiger charge is 2.15. The Bertz CT molecular complexity index is 256. The number of aliphatic imine (C=N–C) groups is 1. The summed E-state index contributed by atoms with van der Waals surface area (Å²) in [4.78, 5) is 4.15. The summed E-state index contributed by atoms with van der Waals surface area (Å²) in [7, 11) is 1.77. The lowest BCUT2D eigenvalue weighted by Gasteiger charge is -2.12. The zero-order valence-electron chi connectivity index (χ0n) is 12.8. The van der Waals surface area contributed by atoms with Crippen LogP contribution in [0.25, 0.3) is 0 Å². The van der Waals surface area contributed by atoms with Gasteiger partial charge in [0.1, 0.15) is 0 Å². The van der Waals surface area contributed by atoms with E-state index < -0.39 is 0 Å². The van der Waals surface area contributed by atoms with Crippen molar-refractivity contribution in [3.63, 3.8) is 0 Å². The molecule has 0 aromatic carbocycles. The van der Waals surface area contributed by atoms with Gasteiger partial charge >= 0.3 is 0 Å². The maximum Gasteiger partial charge on any atom is 0.191 e. The molecule has 0 spiro atoms. The van der Waals surface area contributed by atoms with Gasteiger partial charge in [-0.15, -0.1) is 0 Å². The van der Waals surface area contributed by atoms with Gasteiger partial charge in [-0.25, -0.2) is 0 Å². The van der Waals surface area contributed by atoms with E-state index in [2.05, 4.69) is 15.6 Å². The summed E-state index contributed by atoms with van der Waals surface area (Å²) in [6.07, 6.45) is 2.11. The van der Waals surface area contributed by atoms with Crippen LogP contribution in [0.2, 0.25) is 0 Å². The van der Waals surface area contributed by atoms with Gasteiger partial charge in [-0.05, 0) is 19.8 Å². The van der Waals surface area contributed by atoms with E-state index in [9.17, 15) is 0 Å². The quantitative estimate of drug-likeness (QED) is 0.350. The molecule has 0 bridgehead atoms. The van der Waals surface area contributed by atoms with Crippen LogP contribution in [0.4, 0.5) is 0 Å². The maximum atomic E-state index is 5.65. The van der Waals surface area contributed by atoms with Crippen molar-refractivity contribution in [1.82, 2.24) is 10.6 Å². The SMILES string of the molecule is CCOCCNC(=NC)NCCCOCC1CCOC1. The smallest absolute Gasteiger partial charge is 0.191 e. The first-order chi connectivity index (χ1) is 9.86. The highest BCUT2D eigenvalue weighted by atomic mass is 16.5. The summed E-state index contributed by atoms with van der Waals surface area (Å²) < 4.78 is 16.2. The number of hydrogen-bond acceptors (Lipinski definition) is 4. The van der Waals surface area contributed by atoms with E-state index in [-0.39, 0.29) is 0 Å². The molecule has 1 fully saturated rings. The zero-order chi connectivity index (χ0) is 14.5. The Morgan fingerprint density at radius 3 is 2.80 bits per heavy atom. The minimum Gasteiger partial charge on any atom is -0.381 e. The lowest BCUT2D eigenvalue weighted by atomic mass is 10.1. The first kappa shape index (κ1) is 17.2. The molecule has 1 heterocycles.